The van der Waals surface area contributed by atoms with Crippen molar-refractivity contribution in [2.45, 2.75) is 6.92 Å². The Kier molecular flexibility index (Phi) is 5.27. The standard InChI is InChI=1S/C17H17NO4/c1-12(20)22-16-7-5-13(6-8-16)14-3-2-4-15(11-14)17(21)18-9-10-19/h2-8,11,19H,9-10H2,1H3,(H,18,21). The lowest BCUT2D eigenvalue weighted by Gasteiger charge is -2.07. The average molecular weight is 299 g/mol. The van der Waals surface area contributed by atoms with Crippen LogP contribution in [0.5, 0.6) is 5.75 Å². The SMILES string of the molecule is CC(=O)Oc1ccc(-c2cccc(C(=O)NCCO)c2)cc1. The number of aliphatic hydroxyl groups excluding tert-OH is 1. The quantitative estimate of drug-likeness (QED) is 0.654. The van der Waals surface area contributed by atoms with E-state index < -0.39 is 0 Å². The molecule has 0 heterocycles. The van der Waals surface area contributed by atoms with E-state index in [1.807, 2.05) is 18.2 Å². The lowest BCUT2D eigenvalue weighted by Crippen LogP contribution is -2.26. The van der Waals surface area contributed by atoms with Crippen molar-refractivity contribution in [3.63, 3.8) is 0 Å². The normalized spacial score (nSPS) is 10.1. The number of hydrogen-bond donors (Lipinski definition) is 2. The van der Waals surface area contributed by atoms with Gasteiger partial charge in [-0.25, -0.2) is 0 Å². The molecule has 114 valence electrons. The van der Waals surface area contributed by atoms with Crippen molar-refractivity contribution in [2.75, 3.05) is 13.2 Å². The molecule has 2 rings (SSSR count). The van der Waals surface area contributed by atoms with Gasteiger partial charge in [0.15, 0.2) is 0 Å². The van der Waals surface area contributed by atoms with E-state index in [1.54, 1.807) is 30.3 Å². The number of rotatable bonds is 5. The van der Waals surface area contributed by atoms with Gasteiger partial charge in [-0.2, -0.15) is 0 Å². The van der Waals surface area contributed by atoms with Crippen molar-refractivity contribution in [1.29, 1.82) is 0 Å². The highest BCUT2D eigenvalue weighted by Gasteiger charge is 2.07. The third-order valence-corrected chi connectivity index (χ3v) is 2.97. The minimum Gasteiger partial charge on any atom is -0.427 e. The van der Waals surface area contributed by atoms with Crippen LogP contribution >= 0.6 is 0 Å². The number of esters is 1. The maximum atomic E-state index is 11.9. The first kappa shape index (κ1) is 15.7. The summed E-state index contributed by atoms with van der Waals surface area (Å²) < 4.78 is 4.98. The summed E-state index contributed by atoms with van der Waals surface area (Å²) in [5, 5.41) is 11.3. The van der Waals surface area contributed by atoms with E-state index in [2.05, 4.69) is 5.32 Å². The van der Waals surface area contributed by atoms with Gasteiger partial charge in [0.2, 0.25) is 0 Å². The Hall–Kier alpha value is -2.66. The van der Waals surface area contributed by atoms with E-state index in [4.69, 9.17) is 9.84 Å². The van der Waals surface area contributed by atoms with Gasteiger partial charge in [0, 0.05) is 19.0 Å². The van der Waals surface area contributed by atoms with E-state index in [0.717, 1.165) is 11.1 Å². The number of amides is 1. The van der Waals surface area contributed by atoms with Crippen molar-refractivity contribution in [3.05, 3.63) is 54.1 Å². The fourth-order valence-electron chi connectivity index (χ4n) is 1.99. The summed E-state index contributed by atoms with van der Waals surface area (Å²) in [4.78, 5) is 22.8. The fraction of sp³-hybridized carbons (Fsp3) is 0.176. The number of nitrogens with one attached hydrogen (secondary N) is 1. The van der Waals surface area contributed by atoms with Gasteiger partial charge in [0.25, 0.3) is 5.91 Å². The third kappa shape index (κ3) is 4.17. The van der Waals surface area contributed by atoms with Crippen LogP contribution in [-0.4, -0.2) is 30.1 Å². The molecule has 0 saturated heterocycles. The average Bonchev–Trinajstić information content (AvgIpc) is 2.53. The van der Waals surface area contributed by atoms with Crippen molar-refractivity contribution >= 4 is 11.9 Å². The van der Waals surface area contributed by atoms with Gasteiger partial charge in [-0.3, -0.25) is 9.59 Å². The Balaban J connectivity index is 2.18. The maximum Gasteiger partial charge on any atom is 0.308 e. The first-order valence-corrected chi connectivity index (χ1v) is 6.88. The summed E-state index contributed by atoms with van der Waals surface area (Å²) in [6.07, 6.45) is 0. The first-order chi connectivity index (χ1) is 10.6. The van der Waals surface area contributed by atoms with Crippen molar-refractivity contribution in [2.24, 2.45) is 0 Å². The molecule has 2 N–H and O–H groups in total. The number of benzene rings is 2. The van der Waals surface area contributed by atoms with Gasteiger partial charge in [-0.1, -0.05) is 24.3 Å². The number of carbonyl (C=O) groups is 2. The third-order valence-electron chi connectivity index (χ3n) is 2.97. The molecule has 5 nitrogen and oxygen atoms in total. The minimum atomic E-state index is -0.365. The maximum absolute atomic E-state index is 11.9. The fourth-order valence-corrected chi connectivity index (χ4v) is 1.99. The Morgan fingerprint density at radius 3 is 2.45 bits per heavy atom. The molecule has 0 aliphatic carbocycles. The highest BCUT2D eigenvalue weighted by atomic mass is 16.5. The predicted octanol–water partition coefficient (Wildman–Crippen LogP) is 2.00. The second-order valence-electron chi connectivity index (χ2n) is 4.68. The smallest absolute Gasteiger partial charge is 0.308 e. The molecule has 2 aromatic rings. The van der Waals surface area contributed by atoms with Crippen LogP contribution in [0.1, 0.15) is 17.3 Å². The lowest BCUT2D eigenvalue weighted by atomic mass is 10.0. The van der Waals surface area contributed by atoms with Crippen LogP contribution in [0, 0.1) is 0 Å². The molecule has 0 aromatic heterocycles. The summed E-state index contributed by atoms with van der Waals surface area (Å²) in [5.41, 5.74) is 2.31. The van der Waals surface area contributed by atoms with Gasteiger partial charge in [-0.15, -0.1) is 0 Å². The van der Waals surface area contributed by atoms with Gasteiger partial charge in [0.05, 0.1) is 6.61 Å². The van der Waals surface area contributed by atoms with Crippen molar-refractivity contribution in [1.82, 2.24) is 5.32 Å². The van der Waals surface area contributed by atoms with Gasteiger partial charge in [0.1, 0.15) is 5.75 Å². The molecule has 0 atom stereocenters. The molecular formula is C17H17NO4. The van der Waals surface area contributed by atoms with Gasteiger partial charge in [-0.05, 0) is 35.4 Å². The highest BCUT2D eigenvalue weighted by molar-refractivity contribution is 5.95. The number of aliphatic hydroxyl groups is 1. The lowest BCUT2D eigenvalue weighted by molar-refractivity contribution is -0.131. The summed E-state index contributed by atoms with van der Waals surface area (Å²) in [6.45, 7) is 1.48. The molecular weight excluding hydrogens is 282 g/mol. The Labute approximate surface area is 128 Å². The molecule has 1 amide bonds. The van der Waals surface area contributed by atoms with Crippen LogP contribution in [-0.2, 0) is 4.79 Å². The van der Waals surface area contributed by atoms with E-state index in [1.165, 1.54) is 6.92 Å². The topological polar surface area (TPSA) is 75.6 Å². The zero-order valence-electron chi connectivity index (χ0n) is 12.2. The zero-order valence-corrected chi connectivity index (χ0v) is 12.2. The van der Waals surface area contributed by atoms with Gasteiger partial charge >= 0.3 is 5.97 Å². The summed E-state index contributed by atoms with van der Waals surface area (Å²) in [5.74, 6) is -0.115. The largest absolute Gasteiger partial charge is 0.427 e. The zero-order chi connectivity index (χ0) is 15.9. The molecule has 0 spiro atoms. The van der Waals surface area contributed by atoms with Crippen LogP contribution in [0.3, 0.4) is 0 Å². The molecule has 0 fully saturated rings. The Bertz CT molecular complexity index is 665. The minimum absolute atomic E-state index is 0.0942. The molecule has 0 aliphatic rings. The number of hydrogen-bond acceptors (Lipinski definition) is 4. The predicted molar refractivity (Wildman–Crippen MR) is 82.6 cm³/mol. The highest BCUT2D eigenvalue weighted by Crippen LogP contribution is 2.23. The molecule has 2 aromatic carbocycles. The Morgan fingerprint density at radius 1 is 1.09 bits per heavy atom. The molecule has 0 saturated carbocycles. The second-order valence-corrected chi connectivity index (χ2v) is 4.68. The molecule has 5 heteroatoms. The van der Waals surface area contributed by atoms with E-state index in [-0.39, 0.29) is 25.0 Å². The Morgan fingerprint density at radius 2 is 1.82 bits per heavy atom. The molecule has 0 radical (unpaired) electrons. The summed E-state index contributed by atoms with van der Waals surface area (Å²) in [6, 6.07) is 14.2. The van der Waals surface area contributed by atoms with Gasteiger partial charge < -0.3 is 15.2 Å². The molecule has 0 bridgehead atoms. The summed E-state index contributed by atoms with van der Waals surface area (Å²) >= 11 is 0. The summed E-state index contributed by atoms with van der Waals surface area (Å²) in [7, 11) is 0. The molecule has 0 aliphatic heterocycles. The van der Waals surface area contributed by atoms with Crippen molar-refractivity contribution < 1.29 is 19.4 Å². The number of carbonyl (C=O) groups excluding carboxylic acids is 2. The second kappa shape index (κ2) is 7.38. The van der Waals surface area contributed by atoms with Crippen LogP contribution in [0.25, 0.3) is 11.1 Å². The van der Waals surface area contributed by atoms with Crippen LogP contribution < -0.4 is 10.1 Å². The monoisotopic (exact) mass is 299 g/mol. The number of ether oxygens (including phenoxy) is 1. The van der Waals surface area contributed by atoms with E-state index in [0.29, 0.717) is 11.3 Å². The van der Waals surface area contributed by atoms with Crippen molar-refractivity contribution in [3.8, 4) is 16.9 Å². The molecule has 22 heavy (non-hydrogen) atoms. The molecule has 0 unspecified atom stereocenters. The van der Waals surface area contributed by atoms with Crippen LogP contribution in [0.2, 0.25) is 0 Å². The van der Waals surface area contributed by atoms with E-state index >= 15 is 0 Å². The first-order valence-electron chi connectivity index (χ1n) is 6.88. The van der Waals surface area contributed by atoms with Crippen LogP contribution in [0.4, 0.5) is 0 Å². The van der Waals surface area contributed by atoms with Crippen LogP contribution in [0.15, 0.2) is 48.5 Å². The van der Waals surface area contributed by atoms with E-state index in [9.17, 15) is 9.59 Å².